The summed E-state index contributed by atoms with van der Waals surface area (Å²) in [5.41, 5.74) is 5.83. The molecule has 0 radical (unpaired) electrons. The molecule has 8 nitrogen and oxygen atoms in total. The molecule has 0 aliphatic carbocycles. The Kier molecular flexibility index (Phi) is 6.14. The van der Waals surface area contributed by atoms with Gasteiger partial charge in [0, 0.05) is 20.3 Å². The second kappa shape index (κ2) is 8.98. The summed E-state index contributed by atoms with van der Waals surface area (Å²) in [4.78, 5) is 16.8. The van der Waals surface area contributed by atoms with Crippen molar-refractivity contribution in [2.75, 3.05) is 30.9 Å². The van der Waals surface area contributed by atoms with Gasteiger partial charge in [0.2, 0.25) is 5.88 Å². The summed E-state index contributed by atoms with van der Waals surface area (Å²) < 4.78 is 40.9. The van der Waals surface area contributed by atoms with Gasteiger partial charge in [-0.3, -0.25) is 4.79 Å². The Morgan fingerprint density at radius 3 is 2.77 bits per heavy atom. The number of halogens is 2. The van der Waals surface area contributed by atoms with Crippen LogP contribution in [0.4, 0.5) is 19.5 Å². The molecule has 1 aromatic carbocycles. The first kappa shape index (κ1) is 21.2. The number of amides is 1. The van der Waals surface area contributed by atoms with Gasteiger partial charge in [0.1, 0.15) is 27.3 Å². The number of hydrogen-bond acceptors (Lipinski definition) is 7. The van der Waals surface area contributed by atoms with E-state index in [1.807, 2.05) is 0 Å². The molecule has 1 aliphatic rings. The second-order valence-electron chi connectivity index (χ2n) is 7.14. The van der Waals surface area contributed by atoms with Crippen LogP contribution in [0.25, 0.3) is 10.6 Å². The highest BCUT2D eigenvalue weighted by atomic mass is 32.1. The van der Waals surface area contributed by atoms with E-state index in [0.29, 0.717) is 37.3 Å². The van der Waals surface area contributed by atoms with Gasteiger partial charge in [-0.05, 0) is 30.9 Å². The standard InChI is InChI=1S/C20H21F2N5O3S/c1-27-20(30-10-11-5-7-29-8-6-11)14(9-24-27)25-18(28)16-17(23)31-19(26-16)15-12(21)3-2-4-13(15)22/h2-4,9,11H,5-8,10,23H2,1H3,(H,25,28). The molecule has 1 fully saturated rings. The summed E-state index contributed by atoms with van der Waals surface area (Å²) in [6.07, 6.45) is 3.27. The highest BCUT2D eigenvalue weighted by Gasteiger charge is 2.23. The molecule has 4 rings (SSSR count). The summed E-state index contributed by atoms with van der Waals surface area (Å²) in [6.45, 7) is 1.88. The number of aromatic nitrogens is 3. The molecule has 2 aromatic heterocycles. The molecule has 11 heteroatoms. The third-order valence-electron chi connectivity index (χ3n) is 4.97. The molecule has 3 N–H and O–H groups in total. The first-order valence-electron chi connectivity index (χ1n) is 9.68. The normalized spacial score (nSPS) is 14.5. The number of nitrogen functional groups attached to an aromatic ring is 1. The maximum absolute atomic E-state index is 14.1. The van der Waals surface area contributed by atoms with Gasteiger partial charge in [0.25, 0.3) is 5.91 Å². The minimum absolute atomic E-state index is 0.0135. The Labute approximate surface area is 181 Å². The number of nitrogens with zero attached hydrogens (tertiary/aromatic N) is 3. The maximum atomic E-state index is 14.1. The van der Waals surface area contributed by atoms with Gasteiger partial charge in [-0.15, -0.1) is 0 Å². The fraction of sp³-hybridized carbons (Fsp3) is 0.350. The molecule has 3 aromatic rings. The van der Waals surface area contributed by atoms with Crippen molar-refractivity contribution in [2.24, 2.45) is 13.0 Å². The molecule has 0 bridgehead atoms. The molecule has 0 spiro atoms. The predicted octanol–water partition coefficient (Wildman–Crippen LogP) is 3.46. The van der Waals surface area contributed by atoms with E-state index in [1.165, 1.54) is 16.9 Å². The number of thiazole rings is 1. The van der Waals surface area contributed by atoms with E-state index < -0.39 is 17.5 Å². The fourth-order valence-corrected chi connectivity index (χ4v) is 4.16. The van der Waals surface area contributed by atoms with E-state index in [1.54, 1.807) is 7.05 Å². The zero-order chi connectivity index (χ0) is 22.0. The summed E-state index contributed by atoms with van der Waals surface area (Å²) in [5.74, 6) is -1.43. The number of anilines is 2. The number of nitrogens with one attached hydrogen (secondary N) is 1. The molecule has 1 saturated heterocycles. The van der Waals surface area contributed by atoms with E-state index in [2.05, 4.69) is 15.4 Å². The average Bonchev–Trinajstić information content (AvgIpc) is 3.29. The lowest BCUT2D eigenvalue weighted by Gasteiger charge is -2.22. The first-order valence-corrected chi connectivity index (χ1v) is 10.5. The minimum atomic E-state index is -0.781. The van der Waals surface area contributed by atoms with E-state index in [-0.39, 0.29) is 21.3 Å². The van der Waals surface area contributed by atoms with Crippen molar-refractivity contribution in [3.05, 3.63) is 41.7 Å². The van der Waals surface area contributed by atoms with Gasteiger partial charge in [0.15, 0.2) is 5.69 Å². The van der Waals surface area contributed by atoms with Gasteiger partial charge in [-0.1, -0.05) is 17.4 Å². The van der Waals surface area contributed by atoms with Crippen LogP contribution in [0.1, 0.15) is 23.3 Å². The van der Waals surface area contributed by atoms with Crippen LogP contribution in [0.5, 0.6) is 5.88 Å². The van der Waals surface area contributed by atoms with E-state index >= 15 is 0 Å². The zero-order valence-corrected chi connectivity index (χ0v) is 17.5. The lowest BCUT2D eigenvalue weighted by atomic mass is 10.0. The van der Waals surface area contributed by atoms with Crippen LogP contribution >= 0.6 is 11.3 Å². The second-order valence-corrected chi connectivity index (χ2v) is 8.17. The smallest absolute Gasteiger partial charge is 0.277 e. The van der Waals surface area contributed by atoms with Gasteiger partial charge < -0.3 is 20.5 Å². The molecular weight excluding hydrogens is 428 g/mol. The largest absolute Gasteiger partial charge is 0.476 e. The molecule has 31 heavy (non-hydrogen) atoms. The third kappa shape index (κ3) is 4.52. The first-order chi connectivity index (χ1) is 14.9. The fourth-order valence-electron chi connectivity index (χ4n) is 3.28. The Bertz CT molecular complexity index is 1070. The number of carbonyl (C=O) groups is 1. The number of hydrogen-bond donors (Lipinski definition) is 2. The maximum Gasteiger partial charge on any atom is 0.277 e. The lowest BCUT2D eigenvalue weighted by molar-refractivity contribution is 0.0485. The van der Waals surface area contributed by atoms with Crippen LogP contribution in [-0.4, -0.2) is 40.5 Å². The van der Waals surface area contributed by atoms with Crippen molar-refractivity contribution in [1.82, 2.24) is 14.8 Å². The van der Waals surface area contributed by atoms with Crippen molar-refractivity contribution >= 4 is 27.9 Å². The van der Waals surface area contributed by atoms with E-state index in [9.17, 15) is 13.6 Å². The van der Waals surface area contributed by atoms with Crippen LogP contribution in [-0.2, 0) is 11.8 Å². The monoisotopic (exact) mass is 449 g/mol. The van der Waals surface area contributed by atoms with Crippen molar-refractivity contribution < 1.29 is 23.0 Å². The number of ether oxygens (including phenoxy) is 2. The van der Waals surface area contributed by atoms with Gasteiger partial charge in [0.05, 0.1) is 18.4 Å². The van der Waals surface area contributed by atoms with Crippen LogP contribution < -0.4 is 15.8 Å². The average molecular weight is 449 g/mol. The Balaban J connectivity index is 1.51. The zero-order valence-electron chi connectivity index (χ0n) is 16.7. The number of rotatable bonds is 6. The van der Waals surface area contributed by atoms with Crippen LogP contribution in [0.2, 0.25) is 0 Å². The molecule has 164 valence electrons. The molecule has 0 atom stereocenters. The summed E-state index contributed by atoms with van der Waals surface area (Å²) >= 11 is 0.835. The number of nitrogens with two attached hydrogens (primary N) is 1. The van der Waals surface area contributed by atoms with Crippen molar-refractivity contribution in [3.8, 4) is 16.5 Å². The molecule has 0 unspecified atom stereocenters. The molecular formula is C20H21F2N5O3S. The van der Waals surface area contributed by atoms with E-state index in [4.69, 9.17) is 15.2 Å². The molecule has 1 amide bonds. The van der Waals surface area contributed by atoms with Crippen LogP contribution in [0.15, 0.2) is 24.4 Å². The van der Waals surface area contributed by atoms with Crippen LogP contribution in [0.3, 0.4) is 0 Å². The van der Waals surface area contributed by atoms with Gasteiger partial charge in [-0.25, -0.2) is 18.4 Å². The highest BCUT2D eigenvalue weighted by molar-refractivity contribution is 7.19. The van der Waals surface area contributed by atoms with Crippen molar-refractivity contribution in [3.63, 3.8) is 0 Å². The summed E-state index contributed by atoms with van der Waals surface area (Å²) in [6, 6.07) is 3.49. The predicted molar refractivity (Wildman–Crippen MR) is 112 cm³/mol. The quantitative estimate of drug-likeness (QED) is 0.597. The van der Waals surface area contributed by atoms with Gasteiger partial charge >= 0.3 is 0 Å². The van der Waals surface area contributed by atoms with Crippen LogP contribution in [0, 0.1) is 17.6 Å². The Morgan fingerprint density at radius 2 is 2.06 bits per heavy atom. The topological polar surface area (TPSA) is 104 Å². The van der Waals surface area contributed by atoms with Crippen molar-refractivity contribution in [2.45, 2.75) is 12.8 Å². The Morgan fingerprint density at radius 1 is 1.35 bits per heavy atom. The minimum Gasteiger partial charge on any atom is -0.476 e. The van der Waals surface area contributed by atoms with Gasteiger partial charge in [-0.2, -0.15) is 5.10 Å². The lowest BCUT2D eigenvalue weighted by Crippen LogP contribution is -2.22. The molecule has 0 saturated carbocycles. The number of aryl methyl sites for hydroxylation is 1. The number of carbonyl (C=O) groups excluding carboxylic acids is 1. The SMILES string of the molecule is Cn1ncc(NC(=O)c2nc(-c3c(F)cccc3F)sc2N)c1OCC1CCOCC1. The Hall–Kier alpha value is -3.05. The molecule has 1 aliphatic heterocycles. The summed E-state index contributed by atoms with van der Waals surface area (Å²) in [5, 5.41) is 6.84. The number of benzene rings is 1. The highest BCUT2D eigenvalue weighted by Crippen LogP contribution is 2.34. The van der Waals surface area contributed by atoms with E-state index in [0.717, 1.165) is 36.3 Å². The third-order valence-corrected chi connectivity index (χ3v) is 5.88. The molecule has 3 heterocycles. The van der Waals surface area contributed by atoms with Crippen molar-refractivity contribution in [1.29, 1.82) is 0 Å². The summed E-state index contributed by atoms with van der Waals surface area (Å²) in [7, 11) is 1.70.